The first-order chi connectivity index (χ1) is 14.5. The summed E-state index contributed by atoms with van der Waals surface area (Å²) in [6.07, 6.45) is 5.24. The molecule has 3 heterocycles. The molecule has 7 nitrogen and oxygen atoms in total. The summed E-state index contributed by atoms with van der Waals surface area (Å²) in [7, 11) is 0. The highest BCUT2D eigenvalue weighted by atomic mass is 16.5. The number of aromatic hydroxyl groups is 1. The van der Waals surface area contributed by atoms with E-state index in [4.69, 9.17) is 14.9 Å². The second kappa shape index (κ2) is 8.75. The number of rotatable bonds is 6. The van der Waals surface area contributed by atoms with Gasteiger partial charge in [0.25, 0.3) is 0 Å². The molecule has 0 spiro atoms. The number of nitrogens with zero attached hydrogens (tertiary/aromatic N) is 1. The van der Waals surface area contributed by atoms with Crippen molar-refractivity contribution in [2.24, 2.45) is 5.73 Å². The number of para-hydroxylation sites is 1. The number of carbonyl (C=O) groups is 1. The van der Waals surface area contributed by atoms with Crippen LogP contribution < -0.4 is 15.9 Å². The molecule has 1 aromatic heterocycles. The van der Waals surface area contributed by atoms with Crippen LogP contribution in [0.2, 0.25) is 0 Å². The lowest BCUT2D eigenvalue weighted by Gasteiger charge is -2.27. The first-order valence-electron chi connectivity index (χ1n) is 10.3. The molecule has 0 saturated carbocycles. The molecule has 0 unspecified atom stereocenters. The summed E-state index contributed by atoms with van der Waals surface area (Å²) in [6.45, 7) is 2.60. The Labute approximate surface area is 174 Å². The normalized spacial score (nSPS) is 17.5. The Morgan fingerprint density at radius 2 is 1.97 bits per heavy atom. The summed E-state index contributed by atoms with van der Waals surface area (Å²) in [5, 5.41) is 10.5. The summed E-state index contributed by atoms with van der Waals surface area (Å²) in [6, 6.07) is 8.87. The summed E-state index contributed by atoms with van der Waals surface area (Å²) >= 11 is 0. The lowest BCUT2D eigenvalue weighted by atomic mass is 9.89. The molecule has 0 radical (unpaired) electrons. The molecule has 2 aliphatic rings. The zero-order chi connectivity index (χ0) is 21.1. The molecule has 4 rings (SSSR count). The molecule has 1 atom stereocenters. The molecule has 158 valence electrons. The quantitative estimate of drug-likeness (QED) is 0.759. The standard InChI is InChI=1S/C23H26N2O5/c24-21(27)12-18(16-10-15-6-2-3-7-20(15)29-14-16)23-22(28)19(26)11-17(30-23)13-25-8-4-1-5-9-25/h2-3,6-7,10-11,18,28H,1,4-5,8-9,12-14H2,(H2,24,27)/t18-/m1/s1. The van der Waals surface area contributed by atoms with Gasteiger partial charge in [0, 0.05) is 18.1 Å². The van der Waals surface area contributed by atoms with Crippen LogP contribution in [0.25, 0.3) is 6.08 Å². The van der Waals surface area contributed by atoms with Crippen LogP contribution in [0.5, 0.6) is 11.5 Å². The van der Waals surface area contributed by atoms with Crippen LogP contribution in [0.1, 0.15) is 48.7 Å². The van der Waals surface area contributed by atoms with Gasteiger partial charge in [-0.2, -0.15) is 0 Å². The van der Waals surface area contributed by atoms with Gasteiger partial charge in [-0.1, -0.05) is 24.6 Å². The third-order valence-corrected chi connectivity index (χ3v) is 5.65. The summed E-state index contributed by atoms with van der Waals surface area (Å²) in [5.41, 5.74) is 6.56. The lowest BCUT2D eigenvalue weighted by molar-refractivity contribution is -0.118. The largest absolute Gasteiger partial charge is 0.502 e. The molecular formula is C23H26N2O5. The maximum atomic E-state index is 12.5. The Balaban J connectivity index is 1.71. The van der Waals surface area contributed by atoms with Crippen molar-refractivity contribution in [2.45, 2.75) is 38.1 Å². The Bertz CT molecular complexity index is 1020. The van der Waals surface area contributed by atoms with Gasteiger partial charge < -0.3 is 20.0 Å². The van der Waals surface area contributed by atoms with Crippen molar-refractivity contribution in [3.05, 3.63) is 63.2 Å². The van der Waals surface area contributed by atoms with E-state index in [1.807, 2.05) is 30.3 Å². The van der Waals surface area contributed by atoms with Crippen LogP contribution in [0.4, 0.5) is 0 Å². The van der Waals surface area contributed by atoms with Crippen molar-refractivity contribution in [1.82, 2.24) is 4.90 Å². The summed E-state index contributed by atoms with van der Waals surface area (Å²) < 4.78 is 11.8. The molecule has 2 aliphatic heterocycles. The Morgan fingerprint density at radius 3 is 2.73 bits per heavy atom. The zero-order valence-electron chi connectivity index (χ0n) is 16.8. The number of fused-ring (bicyclic) bond motifs is 1. The molecular weight excluding hydrogens is 384 g/mol. The fraction of sp³-hybridized carbons (Fsp3) is 0.391. The van der Waals surface area contributed by atoms with Crippen molar-refractivity contribution in [2.75, 3.05) is 19.7 Å². The highest BCUT2D eigenvalue weighted by Crippen LogP contribution is 2.37. The predicted octanol–water partition coefficient (Wildman–Crippen LogP) is 2.77. The number of ether oxygens (including phenoxy) is 1. The highest BCUT2D eigenvalue weighted by molar-refractivity contribution is 5.76. The van der Waals surface area contributed by atoms with Gasteiger partial charge in [-0.15, -0.1) is 0 Å². The first-order valence-corrected chi connectivity index (χ1v) is 10.3. The summed E-state index contributed by atoms with van der Waals surface area (Å²) in [4.78, 5) is 26.5. The van der Waals surface area contributed by atoms with E-state index in [9.17, 15) is 14.7 Å². The smallest absolute Gasteiger partial charge is 0.227 e. The zero-order valence-corrected chi connectivity index (χ0v) is 16.8. The van der Waals surface area contributed by atoms with Crippen molar-refractivity contribution < 1.29 is 19.1 Å². The van der Waals surface area contributed by atoms with Crippen molar-refractivity contribution in [3.8, 4) is 11.5 Å². The average Bonchev–Trinajstić information content (AvgIpc) is 2.75. The predicted molar refractivity (Wildman–Crippen MR) is 112 cm³/mol. The second-order valence-electron chi connectivity index (χ2n) is 7.90. The van der Waals surface area contributed by atoms with E-state index < -0.39 is 23.0 Å². The van der Waals surface area contributed by atoms with Crippen molar-refractivity contribution >= 4 is 12.0 Å². The summed E-state index contributed by atoms with van der Waals surface area (Å²) in [5.74, 6) is -0.426. The van der Waals surface area contributed by atoms with Crippen LogP contribution >= 0.6 is 0 Å². The molecule has 3 N–H and O–H groups in total. The topological polar surface area (TPSA) is 106 Å². The minimum Gasteiger partial charge on any atom is -0.502 e. The van der Waals surface area contributed by atoms with Crippen LogP contribution in [-0.2, 0) is 11.3 Å². The average molecular weight is 410 g/mol. The van der Waals surface area contributed by atoms with Crippen LogP contribution in [0, 0.1) is 0 Å². The number of hydrogen-bond donors (Lipinski definition) is 2. The monoisotopic (exact) mass is 410 g/mol. The minimum atomic E-state index is -0.676. The Hall–Kier alpha value is -3.06. The molecule has 1 saturated heterocycles. The highest BCUT2D eigenvalue weighted by Gasteiger charge is 2.29. The molecule has 1 fully saturated rings. The molecule has 30 heavy (non-hydrogen) atoms. The number of hydrogen-bond acceptors (Lipinski definition) is 6. The molecule has 1 amide bonds. The van der Waals surface area contributed by atoms with Gasteiger partial charge in [0.15, 0.2) is 5.76 Å². The Kier molecular flexibility index (Phi) is 5.90. The van der Waals surface area contributed by atoms with Crippen LogP contribution in [-0.4, -0.2) is 35.6 Å². The van der Waals surface area contributed by atoms with E-state index in [0.717, 1.165) is 42.8 Å². The maximum absolute atomic E-state index is 12.5. The molecule has 7 heteroatoms. The number of benzene rings is 1. The van der Waals surface area contributed by atoms with Gasteiger partial charge in [0.2, 0.25) is 17.1 Å². The van der Waals surface area contributed by atoms with Crippen molar-refractivity contribution in [1.29, 1.82) is 0 Å². The maximum Gasteiger partial charge on any atom is 0.227 e. The van der Waals surface area contributed by atoms with E-state index in [1.165, 1.54) is 12.5 Å². The Morgan fingerprint density at radius 1 is 1.20 bits per heavy atom. The van der Waals surface area contributed by atoms with Gasteiger partial charge in [0.05, 0.1) is 12.5 Å². The van der Waals surface area contributed by atoms with E-state index >= 15 is 0 Å². The number of piperidine rings is 1. The third-order valence-electron chi connectivity index (χ3n) is 5.65. The van der Waals surface area contributed by atoms with E-state index in [1.54, 1.807) is 0 Å². The van der Waals surface area contributed by atoms with Gasteiger partial charge in [-0.05, 0) is 43.6 Å². The van der Waals surface area contributed by atoms with Crippen molar-refractivity contribution in [3.63, 3.8) is 0 Å². The van der Waals surface area contributed by atoms with Gasteiger partial charge in [-0.25, -0.2) is 0 Å². The molecule has 0 aliphatic carbocycles. The minimum absolute atomic E-state index is 0.0718. The van der Waals surface area contributed by atoms with Gasteiger partial charge in [-0.3, -0.25) is 14.5 Å². The molecule has 0 bridgehead atoms. The first kappa shape index (κ1) is 20.2. The van der Waals surface area contributed by atoms with E-state index in [2.05, 4.69) is 4.90 Å². The molecule has 2 aromatic rings. The van der Waals surface area contributed by atoms with Gasteiger partial charge in [0.1, 0.15) is 18.1 Å². The number of likely N-dealkylation sites (tertiary alicyclic amines) is 1. The van der Waals surface area contributed by atoms with Crippen LogP contribution in [0.3, 0.4) is 0 Å². The number of primary amides is 1. The number of nitrogens with two attached hydrogens (primary N) is 1. The van der Waals surface area contributed by atoms with Crippen LogP contribution in [0.15, 0.2) is 45.1 Å². The van der Waals surface area contributed by atoms with E-state index in [-0.39, 0.29) is 18.8 Å². The number of amides is 1. The fourth-order valence-corrected chi connectivity index (χ4v) is 4.14. The molecule has 1 aromatic carbocycles. The SMILES string of the molecule is NC(=O)C[C@H](C1=Cc2ccccc2OC1)c1oc(CN2CCCCC2)cc(=O)c1O. The van der Waals surface area contributed by atoms with Gasteiger partial charge >= 0.3 is 0 Å². The lowest BCUT2D eigenvalue weighted by Crippen LogP contribution is -2.29. The van der Waals surface area contributed by atoms with E-state index in [0.29, 0.717) is 12.3 Å². The third kappa shape index (κ3) is 4.41. The number of carbonyl (C=O) groups excluding carboxylic acids is 1. The fourth-order valence-electron chi connectivity index (χ4n) is 4.14. The second-order valence-corrected chi connectivity index (χ2v) is 7.90.